The van der Waals surface area contributed by atoms with Crippen LogP contribution in [0.4, 0.5) is 0 Å². The quantitative estimate of drug-likeness (QED) is 0.160. The van der Waals surface area contributed by atoms with Gasteiger partial charge in [0, 0.05) is 6.42 Å². The van der Waals surface area contributed by atoms with Gasteiger partial charge in [0.15, 0.2) is 0 Å². The molecule has 2 heterocycles. The Morgan fingerprint density at radius 2 is 1.85 bits per heavy atom. The van der Waals surface area contributed by atoms with E-state index < -0.39 is 0 Å². The first-order chi connectivity index (χ1) is 18.7. The van der Waals surface area contributed by atoms with Crippen LogP contribution in [0.1, 0.15) is 142 Å². The largest absolute Gasteiger partial charge is 0.483 e. The first kappa shape index (κ1) is 30.2. The van der Waals surface area contributed by atoms with Crippen LogP contribution < -0.4 is 9.47 Å². The fourth-order valence-corrected chi connectivity index (χ4v) is 6.98. The standard InChI is InChI=1S/C35H55NO3/c1-7-8-11-15-26(3)27(4)28-23-31(38-33(37)16-14-21-36-19-12-9-10-13-20-36)34-29-22-25(2)17-18-30(29)35(5,6)39-32(34)24-28/h23-27H,7-22H2,1-6H3/t25-,26+,27-/m1/s1. The Bertz CT molecular complexity index is 1000. The van der Waals surface area contributed by atoms with Gasteiger partial charge in [-0.15, -0.1) is 0 Å². The minimum Gasteiger partial charge on any atom is -0.483 e. The summed E-state index contributed by atoms with van der Waals surface area (Å²) < 4.78 is 13.0. The van der Waals surface area contributed by atoms with Crippen LogP contribution in [-0.2, 0) is 4.79 Å². The van der Waals surface area contributed by atoms with Gasteiger partial charge < -0.3 is 14.4 Å². The number of unbranched alkanes of at least 4 members (excludes halogenated alkanes) is 2. The van der Waals surface area contributed by atoms with E-state index >= 15 is 0 Å². The number of hydrogen-bond donors (Lipinski definition) is 0. The lowest BCUT2D eigenvalue weighted by Gasteiger charge is -2.41. The first-order valence-corrected chi connectivity index (χ1v) is 16.2. The molecule has 0 spiro atoms. The lowest BCUT2D eigenvalue weighted by molar-refractivity contribution is -0.134. The van der Waals surface area contributed by atoms with Crippen LogP contribution in [0.2, 0.25) is 0 Å². The van der Waals surface area contributed by atoms with E-state index in [1.54, 1.807) is 0 Å². The number of rotatable bonds is 11. The molecule has 0 bridgehead atoms. The van der Waals surface area contributed by atoms with Gasteiger partial charge in [-0.1, -0.05) is 66.2 Å². The lowest BCUT2D eigenvalue weighted by Crippen LogP contribution is -2.37. The van der Waals surface area contributed by atoms with Gasteiger partial charge >= 0.3 is 5.97 Å². The molecule has 1 fully saturated rings. The lowest BCUT2D eigenvalue weighted by atomic mass is 9.74. The molecule has 1 aromatic carbocycles. The summed E-state index contributed by atoms with van der Waals surface area (Å²) in [5.74, 6) is 3.09. The van der Waals surface area contributed by atoms with Crippen LogP contribution in [0, 0.1) is 11.8 Å². The van der Waals surface area contributed by atoms with E-state index in [0.717, 1.165) is 42.9 Å². The van der Waals surface area contributed by atoms with E-state index in [1.165, 1.54) is 87.6 Å². The molecule has 3 aliphatic rings. The molecule has 0 radical (unpaired) electrons. The van der Waals surface area contributed by atoms with Gasteiger partial charge in [0.25, 0.3) is 0 Å². The number of ether oxygens (including phenoxy) is 2. The predicted molar refractivity (Wildman–Crippen MR) is 163 cm³/mol. The Labute approximate surface area is 238 Å². The number of hydrogen-bond acceptors (Lipinski definition) is 4. The predicted octanol–water partition coefficient (Wildman–Crippen LogP) is 9.31. The average Bonchev–Trinajstić information content (AvgIpc) is 3.16. The van der Waals surface area contributed by atoms with Gasteiger partial charge in [0.05, 0.1) is 5.56 Å². The van der Waals surface area contributed by atoms with Crippen LogP contribution in [0.25, 0.3) is 5.57 Å². The van der Waals surface area contributed by atoms with Crippen molar-refractivity contribution in [1.82, 2.24) is 4.90 Å². The Hall–Kier alpha value is -1.81. The summed E-state index contributed by atoms with van der Waals surface area (Å²) in [5.41, 5.74) is 4.70. The Morgan fingerprint density at radius 3 is 2.56 bits per heavy atom. The monoisotopic (exact) mass is 537 g/mol. The molecule has 4 nitrogen and oxygen atoms in total. The molecule has 0 aromatic heterocycles. The Morgan fingerprint density at radius 1 is 1.10 bits per heavy atom. The van der Waals surface area contributed by atoms with Crippen LogP contribution in [-0.4, -0.2) is 36.1 Å². The van der Waals surface area contributed by atoms with Crippen molar-refractivity contribution < 1.29 is 14.3 Å². The molecule has 4 rings (SSSR count). The van der Waals surface area contributed by atoms with Crippen molar-refractivity contribution in [2.24, 2.45) is 11.8 Å². The van der Waals surface area contributed by atoms with Crippen molar-refractivity contribution >= 4 is 11.5 Å². The number of carbonyl (C=O) groups is 1. The molecule has 1 saturated heterocycles. The third-order valence-corrected chi connectivity index (χ3v) is 9.71. The number of nitrogens with zero attached hydrogens (tertiary/aromatic N) is 1. The second-order valence-electron chi connectivity index (χ2n) is 13.4. The van der Waals surface area contributed by atoms with Crippen molar-refractivity contribution in [2.75, 3.05) is 19.6 Å². The van der Waals surface area contributed by atoms with E-state index in [-0.39, 0.29) is 11.6 Å². The second-order valence-corrected chi connectivity index (χ2v) is 13.4. The molecular formula is C35H55NO3. The minimum absolute atomic E-state index is 0.108. The van der Waals surface area contributed by atoms with Crippen molar-refractivity contribution in [3.8, 4) is 11.5 Å². The molecule has 4 heteroatoms. The maximum Gasteiger partial charge on any atom is 0.311 e. The van der Waals surface area contributed by atoms with Crippen LogP contribution in [0.15, 0.2) is 17.7 Å². The molecule has 218 valence electrons. The minimum atomic E-state index is -0.328. The Kier molecular flexibility index (Phi) is 10.6. The number of fused-ring (bicyclic) bond motifs is 2. The molecule has 0 N–H and O–H groups in total. The summed E-state index contributed by atoms with van der Waals surface area (Å²) in [6, 6.07) is 4.44. The van der Waals surface area contributed by atoms with Crippen molar-refractivity contribution in [2.45, 2.75) is 137 Å². The fourth-order valence-electron chi connectivity index (χ4n) is 6.98. The van der Waals surface area contributed by atoms with Crippen molar-refractivity contribution in [1.29, 1.82) is 0 Å². The number of allylic oxidation sites excluding steroid dienone is 1. The molecule has 0 saturated carbocycles. The highest BCUT2D eigenvalue weighted by Gasteiger charge is 2.39. The highest BCUT2D eigenvalue weighted by atomic mass is 16.5. The molecule has 1 aliphatic carbocycles. The Balaban J connectivity index is 1.58. The third kappa shape index (κ3) is 7.69. The maximum atomic E-state index is 13.3. The highest BCUT2D eigenvalue weighted by molar-refractivity contribution is 5.84. The zero-order valence-corrected chi connectivity index (χ0v) is 25.9. The molecule has 3 atom stereocenters. The summed E-state index contributed by atoms with van der Waals surface area (Å²) in [6.45, 7) is 17.0. The molecule has 1 aromatic rings. The van der Waals surface area contributed by atoms with Gasteiger partial charge in [0.2, 0.25) is 0 Å². The number of carbonyl (C=O) groups excluding carboxylic acids is 1. The number of benzene rings is 1. The first-order valence-electron chi connectivity index (χ1n) is 16.2. The van der Waals surface area contributed by atoms with Crippen LogP contribution >= 0.6 is 0 Å². The van der Waals surface area contributed by atoms with Gasteiger partial charge in [-0.2, -0.15) is 0 Å². The third-order valence-electron chi connectivity index (χ3n) is 9.71. The number of esters is 1. The molecule has 0 amide bonds. The van der Waals surface area contributed by atoms with Gasteiger partial charge in [-0.05, 0) is 119 Å². The fraction of sp³-hybridized carbons (Fsp3) is 0.743. The second kappa shape index (κ2) is 13.7. The van der Waals surface area contributed by atoms with Crippen molar-refractivity contribution in [3.05, 3.63) is 28.8 Å². The smallest absolute Gasteiger partial charge is 0.311 e. The number of likely N-dealkylation sites (tertiary alicyclic amines) is 1. The molecular weight excluding hydrogens is 482 g/mol. The zero-order valence-electron chi connectivity index (χ0n) is 25.9. The SMILES string of the molecule is CCCCC[C@H](C)[C@@H](C)c1cc(OC(=O)CCCN2CCCCCC2)c2c(c1)OC(C)(C)C1=C2C[C@H](C)CC1. The molecule has 0 unspecified atom stereocenters. The highest BCUT2D eigenvalue weighted by Crippen LogP contribution is 2.52. The van der Waals surface area contributed by atoms with E-state index in [2.05, 4.69) is 58.6 Å². The maximum absolute atomic E-state index is 13.3. The summed E-state index contributed by atoms with van der Waals surface area (Å²) in [7, 11) is 0. The summed E-state index contributed by atoms with van der Waals surface area (Å²) in [5, 5.41) is 0. The van der Waals surface area contributed by atoms with Gasteiger partial charge in [-0.25, -0.2) is 0 Å². The van der Waals surface area contributed by atoms with E-state index in [4.69, 9.17) is 9.47 Å². The van der Waals surface area contributed by atoms with E-state index in [0.29, 0.717) is 24.2 Å². The van der Waals surface area contributed by atoms with Crippen molar-refractivity contribution in [3.63, 3.8) is 0 Å². The summed E-state index contributed by atoms with van der Waals surface area (Å²) >= 11 is 0. The van der Waals surface area contributed by atoms with Gasteiger partial charge in [0.1, 0.15) is 17.1 Å². The van der Waals surface area contributed by atoms with Crippen LogP contribution in [0.5, 0.6) is 11.5 Å². The summed E-state index contributed by atoms with van der Waals surface area (Å²) in [6.07, 6.45) is 14.9. The average molecular weight is 538 g/mol. The zero-order chi connectivity index (χ0) is 28.0. The van der Waals surface area contributed by atoms with Gasteiger partial charge in [-0.3, -0.25) is 4.79 Å². The molecule has 39 heavy (non-hydrogen) atoms. The van der Waals surface area contributed by atoms with E-state index in [9.17, 15) is 4.79 Å². The normalized spacial score (nSPS) is 22.8. The topological polar surface area (TPSA) is 38.8 Å². The summed E-state index contributed by atoms with van der Waals surface area (Å²) in [4.78, 5) is 15.8. The molecule has 2 aliphatic heterocycles. The van der Waals surface area contributed by atoms with Crippen LogP contribution in [0.3, 0.4) is 0 Å². The van der Waals surface area contributed by atoms with E-state index in [1.807, 2.05) is 0 Å².